The third-order valence-electron chi connectivity index (χ3n) is 0.991. The van der Waals surface area contributed by atoms with Crippen LogP contribution in [-0.2, 0) is 0 Å². The maximum absolute atomic E-state index is 10.5. The number of aromatic nitrogens is 2. The van der Waals surface area contributed by atoms with Gasteiger partial charge in [0.1, 0.15) is 5.69 Å². The largest absolute Gasteiger partial charge is 0.477 e. The number of aromatic amines is 2. The minimum Gasteiger partial charge on any atom is -0.477 e. The van der Waals surface area contributed by atoms with Crippen LogP contribution in [0.3, 0.4) is 0 Å². The molecule has 0 atom stereocenters. The van der Waals surface area contributed by atoms with Crippen LogP contribution in [0.2, 0.25) is 0 Å². The number of H-pyrrole nitrogens is 2. The Morgan fingerprint density at radius 3 is 2.21 bits per heavy atom. The van der Waals surface area contributed by atoms with Crippen LogP contribution in [0.25, 0.3) is 0 Å². The average Bonchev–Trinajstić information content (AvgIpc) is 2.03. The average molecular weight is 203 g/mol. The van der Waals surface area contributed by atoms with Crippen molar-refractivity contribution in [3.63, 3.8) is 0 Å². The molecule has 1 aromatic rings. The van der Waals surface area contributed by atoms with Gasteiger partial charge in [-0.1, -0.05) is 0 Å². The molecular formula is C5H5N3O6. The van der Waals surface area contributed by atoms with Crippen molar-refractivity contribution in [3.05, 3.63) is 37.5 Å². The second-order valence-electron chi connectivity index (χ2n) is 1.89. The van der Waals surface area contributed by atoms with E-state index in [-0.39, 0.29) is 0 Å². The van der Waals surface area contributed by atoms with E-state index in [1.807, 2.05) is 9.97 Å². The minimum atomic E-state index is -1.34. The highest BCUT2D eigenvalue weighted by Crippen LogP contribution is 1.81. The maximum atomic E-state index is 10.5. The zero-order chi connectivity index (χ0) is 11.1. The van der Waals surface area contributed by atoms with Gasteiger partial charge in [0.15, 0.2) is 5.34 Å². The molecule has 76 valence electrons. The lowest BCUT2D eigenvalue weighted by atomic mass is 10.4. The summed E-state index contributed by atoms with van der Waals surface area (Å²) in [6.07, 6.45) is 0. The molecule has 0 aliphatic carbocycles. The number of hydrogen-bond acceptors (Lipinski definition) is 5. The number of carboxylic acids is 1. The fraction of sp³-hybridized carbons (Fsp3) is 0. The maximum Gasteiger partial charge on any atom is 0.352 e. The molecule has 0 saturated heterocycles. The number of aromatic carboxylic acids is 1. The van der Waals surface area contributed by atoms with Gasteiger partial charge in [-0.3, -0.25) is 9.78 Å². The Kier molecular flexibility index (Phi) is 4.32. The first kappa shape index (κ1) is 11.5. The van der Waals surface area contributed by atoms with Crippen LogP contribution in [0, 0.1) is 4.91 Å². The summed E-state index contributed by atoms with van der Waals surface area (Å²) in [6.45, 7) is 0. The Hall–Kier alpha value is -2.45. The van der Waals surface area contributed by atoms with E-state index >= 15 is 0 Å². The highest BCUT2D eigenvalue weighted by atomic mass is 16.6. The highest BCUT2D eigenvalue weighted by Gasteiger charge is 2.03. The smallest absolute Gasteiger partial charge is 0.352 e. The normalized spacial score (nSPS) is 8.29. The van der Waals surface area contributed by atoms with Crippen molar-refractivity contribution in [3.8, 4) is 0 Å². The first-order valence-electron chi connectivity index (χ1n) is 3.05. The summed E-state index contributed by atoms with van der Waals surface area (Å²) in [7, 11) is 0. The fourth-order valence-electron chi connectivity index (χ4n) is 0.584. The van der Waals surface area contributed by atoms with Gasteiger partial charge in [0, 0.05) is 6.07 Å². The van der Waals surface area contributed by atoms with E-state index in [4.69, 9.17) is 15.2 Å². The fourth-order valence-corrected chi connectivity index (χ4v) is 0.584. The second-order valence-corrected chi connectivity index (χ2v) is 1.89. The number of rotatable bonds is 1. The van der Waals surface area contributed by atoms with Gasteiger partial charge in [-0.25, -0.2) is 9.59 Å². The minimum absolute atomic E-state index is 0.418. The molecule has 0 aliphatic heterocycles. The summed E-state index contributed by atoms with van der Waals surface area (Å²) in [5, 5.41) is 16.2. The van der Waals surface area contributed by atoms with Gasteiger partial charge in [0.25, 0.3) is 5.56 Å². The molecular weight excluding hydrogens is 198 g/mol. The van der Waals surface area contributed by atoms with Crippen molar-refractivity contribution < 1.29 is 15.1 Å². The Bertz CT molecular complexity index is 403. The van der Waals surface area contributed by atoms with Gasteiger partial charge in [-0.15, -0.1) is 4.91 Å². The van der Waals surface area contributed by atoms with Crippen LogP contribution in [0.4, 0.5) is 0 Å². The predicted molar refractivity (Wildman–Crippen MR) is 42.2 cm³/mol. The molecule has 0 radical (unpaired) electrons. The van der Waals surface area contributed by atoms with E-state index in [2.05, 4.69) is 0 Å². The molecule has 0 spiro atoms. The van der Waals surface area contributed by atoms with Gasteiger partial charge in [0.2, 0.25) is 0 Å². The number of hydrogen-bond donors (Lipinski definition) is 4. The SMILES string of the molecule is O=C(O)c1cc(=O)[nH]c(=O)[nH]1.O=NO. The topological polar surface area (TPSA) is 153 Å². The van der Waals surface area contributed by atoms with Crippen LogP contribution in [0.15, 0.2) is 21.0 Å². The molecule has 1 rings (SSSR count). The molecule has 0 amide bonds. The lowest BCUT2D eigenvalue weighted by Crippen LogP contribution is -2.24. The van der Waals surface area contributed by atoms with Crippen molar-refractivity contribution in [1.82, 2.24) is 9.97 Å². The van der Waals surface area contributed by atoms with Crippen molar-refractivity contribution in [2.24, 2.45) is 5.34 Å². The molecule has 1 aromatic heterocycles. The van der Waals surface area contributed by atoms with Crippen LogP contribution in [0.1, 0.15) is 10.5 Å². The number of carbonyl (C=O) groups is 1. The first-order valence-corrected chi connectivity index (χ1v) is 3.05. The monoisotopic (exact) mass is 203 g/mol. The van der Waals surface area contributed by atoms with E-state index < -0.39 is 22.9 Å². The summed E-state index contributed by atoms with van der Waals surface area (Å²) in [5.74, 6) is -1.34. The van der Waals surface area contributed by atoms with Gasteiger partial charge >= 0.3 is 11.7 Å². The van der Waals surface area contributed by atoms with Gasteiger partial charge in [0.05, 0.1) is 0 Å². The van der Waals surface area contributed by atoms with Crippen molar-refractivity contribution in [2.45, 2.75) is 0 Å². The number of nitrogens with zero attached hydrogens (tertiary/aromatic N) is 1. The molecule has 0 bridgehead atoms. The summed E-state index contributed by atoms with van der Waals surface area (Å²) < 4.78 is 0. The Labute approximate surface area is 75.0 Å². The molecule has 1 heterocycles. The standard InChI is InChI=1S/C5H4N2O4.HNO2/c8-3-1-2(4(9)10)6-5(11)7-3;2-1-3/h1H,(H,9,10)(H2,6,7,8,11);(H,2,3). The van der Waals surface area contributed by atoms with E-state index in [1.165, 1.54) is 5.34 Å². The zero-order valence-corrected chi connectivity index (χ0v) is 6.55. The summed E-state index contributed by atoms with van der Waals surface area (Å²) >= 11 is 0. The van der Waals surface area contributed by atoms with Crippen molar-refractivity contribution in [1.29, 1.82) is 0 Å². The Morgan fingerprint density at radius 2 is 1.86 bits per heavy atom. The highest BCUT2D eigenvalue weighted by molar-refractivity contribution is 5.84. The molecule has 0 saturated carbocycles. The Balaban J connectivity index is 0.000000500. The van der Waals surface area contributed by atoms with Crippen LogP contribution < -0.4 is 11.2 Å². The lowest BCUT2D eigenvalue weighted by Gasteiger charge is -1.89. The first-order chi connectivity index (χ1) is 6.51. The third-order valence-corrected chi connectivity index (χ3v) is 0.991. The van der Waals surface area contributed by atoms with Crippen molar-refractivity contribution in [2.75, 3.05) is 0 Å². The molecule has 9 heteroatoms. The molecule has 0 aromatic carbocycles. The van der Waals surface area contributed by atoms with E-state index in [0.29, 0.717) is 0 Å². The molecule has 0 unspecified atom stereocenters. The quantitative estimate of drug-likeness (QED) is 0.335. The number of carboxylic acid groups (broad SMARTS) is 1. The molecule has 0 fully saturated rings. The van der Waals surface area contributed by atoms with E-state index in [0.717, 1.165) is 6.07 Å². The van der Waals surface area contributed by atoms with E-state index in [1.54, 1.807) is 0 Å². The van der Waals surface area contributed by atoms with Crippen LogP contribution >= 0.6 is 0 Å². The molecule has 4 N–H and O–H groups in total. The van der Waals surface area contributed by atoms with Gasteiger partial charge in [-0.05, 0) is 0 Å². The van der Waals surface area contributed by atoms with Crippen molar-refractivity contribution >= 4 is 5.97 Å². The predicted octanol–water partition coefficient (Wildman–Crippen LogP) is -1.10. The summed E-state index contributed by atoms with van der Waals surface area (Å²) in [5.41, 5.74) is -1.97. The third kappa shape index (κ3) is 3.80. The zero-order valence-electron chi connectivity index (χ0n) is 6.55. The summed E-state index contributed by atoms with van der Waals surface area (Å²) in [4.78, 5) is 43.0. The van der Waals surface area contributed by atoms with Gasteiger partial charge in [-0.2, -0.15) is 0 Å². The number of nitrogens with one attached hydrogen (secondary N) is 2. The van der Waals surface area contributed by atoms with Crippen LogP contribution in [0.5, 0.6) is 0 Å². The summed E-state index contributed by atoms with van der Waals surface area (Å²) in [6, 6.07) is 0.795. The second kappa shape index (κ2) is 5.24. The van der Waals surface area contributed by atoms with Crippen LogP contribution in [-0.4, -0.2) is 26.3 Å². The molecule has 14 heavy (non-hydrogen) atoms. The molecule has 9 nitrogen and oxygen atoms in total. The van der Waals surface area contributed by atoms with E-state index in [9.17, 15) is 14.4 Å². The van der Waals surface area contributed by atoms with Gasteiger partial charge < -0.3 is 15.3 Å². The Morgan fingerprint density at radius 1 is 1.36 bits per heavy atom. The molecule has 0 aliphatic rings. The lowest BCUT2D eigenvalue weighted by molar-refractivity contribution is 0.0689.